The van der Waals surface area contributed by atoms with Gasteiger partial charge in [-0.1, -0.05) is 30.4 Å². The summed E-state index contributed by atoms with van der Waals surface area (Å²) in [6, 6.07) is 8.00. The minimum Gasteiger partial charge on any atom is -0.417 e. The first-order chi connectivity index (χ1) is 12.6. The Hall–Kier alpha value is -3.22. The molecule has 1 amide bonds. The molecule has 0 fully saturated rings. The highest BCUT2D eigenvalue weighted by Crippen LogP contribution is 2.14. The number of hydrogen-bond acceptors (Lipinski definition) is 5. The average Bonchev–Trinajstić information content (AvgIpc) is 3.29. The largest absolute Gasteiger partial charge is 0.417 e. The van der Waals surface area contributed by atoms with E-state index in [9.17, 15) is 4.79 Å². The van der Waals surface area contributed by atoms with Crippen LogP contribution in [-0.4, -0.2) is 37.8 Å². The maximum atomic E-state index is 12.5. The number of carbonyl (C=O) groups excluding carboxylic acids is 1. The molecule has 26 heavy (non-hydrogen) atoms. The molecule has 0 aliphatic heterocycles. The fourth-order valence-corrected chi connectivity index (χ4v) is 2.54. The SMILES string of the molecule is C/C=C/Cc1nnc(C(=O)N(C)Cc2cnn(-c3ccccc3C)c2)o1. The van der Waals surface area contributed by atoms with Crippen LogP contribution in [0.25, 0.3) is 5.69 Å². The fraction of sp³-hybridized carbons (Fsp3) is 0.263. The maximum absolute atomic E-state index is 12.5. The van der Waals surface area contributed by atoms with Crippen molar-refractivity contribution in [1.82, 2.24) is 24.9 Å². The number of hydrogen-bond donors (Lipinski definition) is 0. The van der Waals surface area contributed by atoms with Crippen LogP contribution in [-0.2, 0) is 13.0 Å². The number of carbonyl (C=O) groups is 1. The van der Waals surface area contributed by atoms with Gasteiger partial charge in [-0.3, -0.25) is 4.79 Å². The molecule has 2 heterocycles. The standard InChI is InChI=1S/C19H21N5O2/c1-4-5-10-17-21-22-18(26-17)19(25)23(3)12-15-11-20-24(13-15)16-9-7-6-8-14(16)2/h4-9,11,13H,10,12H2,1-3H3/b5-4+. The molecule has 0 atom stereocenters. The molecule has 3 rings (SSSR count). The third-order valence-electron chi connectivity index (χ3n) is 3.94. The van der Waals surface area contributed by atoms with Crippen molar-refractivity contribution in [3.63, 3.8) is 0 Å². The number of benzene rings is 1. The summed E-state index contributed by atoms with van der Waals surface area (Å²) in [7, 11) is 1.70. The van der Waals surface area contributed by atoms with Crippen LogP contribution in [0.3, 0.4) is 0 Å². The fourth-order valence-electron chi connectivity index (χ4n) is 2.54. The molecule has 2 aromatic heterocycles. The van der Waals surface area contributed by atoms with E-state index in [-0.39, 0.29) is 11.8 Å². The Morgan fingerprint density at radius 3 is 2.88 bits per heavy atom. The molecular weight excluding hydrogens is 330 g/mol. The summed E-state index contributed by atoms with van der Waals surface area (Å²) in [4.78, 5) is 14.0. The van der Waals surface area contributed by atoms with E-state index in [1.54, 1.807) is 13.2 Å². The van der Waals surface area contributed by atoms with Crippen molar-refractivity contribution >= 4 is 5.91 Å². The molecule has 0 N–H and O–H groups in total. The third kappa shape index (κ3) is 3.88. The predicted octanol–water partition coefficient (Wildman–Crippen LogP) is 2.95. The van der Waals surface area contributed by atoms with Gasteiger partial charge in [-0.05, 0) is 25.5 Å². The van der Waals surface area contributed by atoms with Crippen LogP contribution in [0.4, 0.5) is 0 Å². The van der Waals surface area contributed by atoms with Crippen molar-refractivity contribution in [2.45, 2.75) is 26.8 Å². The number of aryl methyl sites for hydroxylation is 1. The molecule has 0 radical (unpaired) electrons. The summed E-state index contributed by atoms with van der Waals surface area (Å²) in [5.74, 6) is 0.110. The van der Waals surface area contributed by atoms with Gasteiger partial charge in [0.05, 0.1) is 11.9 Å². The molecule has 7 nitrogen and oxygen atoms in total. The van der Waals surface area contributed by atoms with Crippen molar-refractivity contribution in [2.24, 2.45) is 0 Å². The molecule has 3 aromatic rings. The Balaban J connectivity index is 1.68. The van der Waals surface area contributed by atoms with Gasteiger partial charge in [0, 0.05) is 31.8 Å². The van der Waals surface area contributed by atoms with Gasteiger partial charge in [0.15, 0.2) is 0 Å². The second-order valence-corrected chi connectivity index (χ2v) is 6.01. The number of allylic oxidation sites excluding steroid dienone is 2. The van der Waals surface area contributed by atoms with Crippen LogP contribution >= 0.6 is 0 Å². The lowest BCUT2D eigenvalue weighted by molar-refractivity contribution is 0.0743. The van der Waals surface area contributed by atoms with Gasteiger partial charge in [0.1, 0.15) is 0 Å². The molecule has 1 aromatic carbocycles. The number of para-hydroxylation sites is 1. The van der Waals surface area contributed by atoms with Crippen molar-refractivity contribution in [3.8, 4) is 5.69 Å². The second kappa shape index (κ2) is 7.77. The van der Waals surface area contributed by atoms with E-state index in [2.05, 4.69) is 15.3 Å². The van der Waals surface area contributed by atoms with E-state index in [0.29, 0.717) is 18.9 Å². The third-order valence-corrected chi connectivity index (χ3v) is 3.94. The van der Waals surface area contributed by atoms with Crippen LogP contribution in [0, 0.1) is 6.92 Å². The van der Waals surface area contributed by atoms with Crippen molar-refractivity contribution in [2.75, 3.05) is 7.05 Å². The Morgan fingerprint density at radius 1 is 1.31 bits per heavy atom. The molecule has 0 saturated heterocycles. The van der Waals surface area contributed by atoms with Crippen LogP contribution in [0.1, 0.15) is 34.6 Å². The normalized spacial score (nSPS) is 11.2. The van der Waals surface area contributed by atoms with Gasteiger partial charge in [-0.15, -0.1) is 10.2 Å². The first-order valence-corrected chi connectivity index (χ1v) is 8.37. The van der Waals surface area contributed by atoms with E-state index in [1.807, 2.05) is 61.1 Å². The molecule has 7 heteroatoms. The summed E-state index contributed by atoms with van der Waals surface area (Å²) >= 11 is 0. The van der Waals surface area contributed by atoms with Gasteiger partial charge < -0.3 is 9.32 Å². The van der Waals surface area contributed by atoms with Crippen LogP contribution < -0.4 is 0 Å². The highest BCUT2D eigenvalue weighted by Gasteiger charge is 2.19. The molecule has 134 valence electrons. The summed E-state index contributed by atoms with van der Waals surface area (Å²) < 4.78 is 7.22. The predicted molar refractivity (Wildman–Crippen MR) is 96.9 cm³/mol. The molecular formula is C19H21N5O2. The van der Waals surface area contributed by atoms with Crippen molar-refractivity contribution in [1.29, 1.82) is 0 Å². The Kier molecular flexibility index (Phi) is 5.26. The quantitative estimate of drug-likeness (QED) is 0.638. The van der Waals surface area contributed by atoms with Crippen LogP contribution in [0.2, 0.25) is 0 Å². The van der Waals surface area contributed by atoms with Gasteiger partial charge in [-0.25, -0.2) is 4.68 Å². The number of rotatable bonds is 6. The molecule has 0 bridgehead atoms. The minimum atomic E-state index is -0.312. The zero-order chi connectivity index (χ0) is 18.5. The molecule has 0 spiro atoms. The summed E-state index contributed by atoms with van der Waals surface area (Å²) in [5, 5.41) is 12.1. The Labute approximate surface area is 152 Å². The zero-order valence-electron chi connectivity index (χ0n) is 15.1. The smallest absolute Gasteiger partial charge is 0.311 e. The van der Waals surface area contributed by atoms with Crippen molar-refractivity contribution in [3.05, 3.63) is 71.7 Å². The Bertz CT molecular complexity index is 925. The monoisotopic (exact) mass is 351 g/mol. The molecule has 0 aliphatic rings. The molecule has 0 unspecified atom stereocenters. The van der Waals surface area contributed by atoms with Crippen molar-refractivity contribution < 1.29 is 9.21 Å². The number of amides is 1. The molecule has 0 saturated carbocycles. The van der Waals surface area contributed by atoms with Gasteiger partial charge in [0.25, 0.3) is 0 Å². The second-order valence-electron chi connectivity index (χ2n) is 6.01. The lowest BCUT2D eigenvalue weighted by atomic mass is 10.2. The summed E-state index contributed by atoms with van der Waals surface area (Å²) in [6.07, 6.45) is 7.97. The van der Waals surface area contributed by atoms with Gasteiger partial charge in [0.2, 0.25) is 5.89 Å². The summed E-state index contributed by atoms with van der Waals surface area (Å²) in [5.41, 5.74) is 3.06. The van der Waals surface area contributed by atoms with Crippen LogP contribution in [0.5, 0.6) is 0 Å². The lowest BCUT2D eigenvalue weighted by Gasteiger charge is -2.13. The number of nitrogens with zero attached hydrogens (tertiary/aromatic N) is 5. The van der Waals surface area contributed by atoms with Gasteiger partial charge in [-0.2, -0.15) is 5.10 Å². The highest BCUT2D eigenvalue weighted by molar-refractivity contribution is 5.89. The highest BCUT2D eigenvalue weighted by atomic mass is 16.4. The average molecular weight is 351 g/mol. The first-order valence-electron chi connectivity index (χ1n) is 8.37. The Morgan fingerprint density at radius 2 is 2.12 bits per heavy atom. The maximum Gasteiger partial charge on any atom is 0.311 e. The van der Waals surface area contributed by atoms with E-state index in [1.165, 1.54) is 4.90 Å². The van der Waals surface area contributed by atoms with E-state index >= 15 is 0 Å². The van der Waals surface area contributed by atoms with E-state index < -0.39 is 0 Å². The number of aromatic nitrogens is 4. The summed E-state index contributed by atoms with van der Waals surface area (Å²) in [6.45, 7) is 4.35. The first kappa shape index (κ1) is 17.6. The van der Waals surface area contributed by atoms with E-state index in [4.69, 9.17) is 4.42 Å². The van der Waals surface area contributed by atoms with Crippen LogP contribution in [0.15, 0.2) is 53.2 Å². The zero-order valence-corrected chi connectivity index (χ0v) is 15.1. The topological polar surface area (TPSA) is 77.1 Å². The minimum absolute atomic E-state index is 0.00158. The molecule has 0 aliphatic carbocycles. The van der Waals surface area contributed by atoms with Gasteiger partial charge >= 0.3 is 11.8 Å². The lowest BCUT2D eigenvalue weighted by Crippen LogP contribution is -2.26. The van der Waals surface area contributed by atoms with E-state index in [0.717, 1.165) is 16.8 Å².